The van der Waals surface area contributed by atoms with E-state index in [1.165, 1.54) is 4.90 Å². The molecule has 0 saturated heterocycles. The van der Waals surface area contributed by atoms with E-state index in [-0.39, 0.29) is 25.5 Å². The van der Waals surface area contributed by atoms with Crippen molar-refractivity contribution < 1.29 is 28.7 Å². The molecule has 0 aliphatic rings. The van der Waals surface area contributed by atoms with Crippen LogP contribution in [0, 0.1) is 19.8 Å². The Labute approximate surface area is 228 Å². The number of carbonyl (C=O) groups is 4. The number of carbonyl (C=O) groups excluding carboxylic acids is 4. The van der Waals surface area contributed by atoms with Crippen LogP contribution in [-0.2, 0) is 23.9 Å². The van der Waals surface area contributed by atoms with Gasteiger partial charge in [0.1, 0.15) is 17.7 Å². The first-order valence-electron chi connectivity index (χ1n) is 13.2. The lowest BCUT2D eigenvalue weighted by molar-refractivity contribution is -0.149. The highest BCUT2D eigenvalue weighted by molar-refractivity contribution is 5.93. The first-order valence-corrected chi connectivity index (χ1v) is 13.2. The zero-order valence-corrected chi connectivity index (χ0v) is 25.0. The number of benzene rings is 1. The number of nitrogens with zero attached hydrogens (tertiary/aromatic N) is 1. The minimum atomic E-state index is -1.01. The molecule has 2 N–H and O–H groups in total. The number of alkyl carbamates (subject to hydrolysis) is 1. The van der Waals surface area contributed by atoms with Crippen LogP contribution in [0.15, 0.2) is 18.2 Å². The minimum Gasteiger partial charge on any atom is -0.466 e. The number of amides is 3. The van der Waals surface area contributed by atoms with Crippen molar-refractivity contribution in [3.63, 3.8) is 0 Å². The van der Waals surface area contributed by atoms with Crippen molar-refractivity contribution in [1.29, 1.82) is 0 Å². The van der Waals surface area contributed by atoms with E-state index in [0.29, 0.717) is 5.56 Å². The van der Waals surface area contributed by atoms with Gasteiger partial charge in [-0.15, -0.1) is 0 Å². The van der Waals surface area contributed by atoms with Gasteiger partial charge in [0.05, 0.1) is 13.0 Å². The molecule has 0 aliphatic heterocycles. The van der Waals surface area contributed by atoms with Crippen LogP contribution in [-0.4, -0.2) is 59.1 Å². The molecule has 2 atom stereocenters. The maximum Gasteiger partial charge on any atom is 0.408 e. The quantitative estimate of drug-likeness (QED) is 0.425. The van der Waals surface area contributed by atoms with Gasteiger partial charge in [-0.05, 0) is 84.9 Å². The van der Waals surface area contributed by atoms with Gasteiger partial charge >= 0.3 is 12.1 Å². The molecule has 1 aromatic carbocycles. The molecule has 0 aromatic heterocycles. The van der Waals surface area contributed by atoms with E-state index >= 15 is 0 Å². The van der Waals surface area contributed by atoms with Crippen molar-refractivity contribution in [2.45, 2.75) is 106 Å². The lowest BCUT2D eigenvalue weighted by atomic mass is 9.92. The molecule has 0 radical (unpaired) electrons. The monoisotopic (exact) mass is 533 g/mol. The fraction of sp³-hybridized carbons (Fsp3) is 0.655. The van der Waals surface area contributed by atoms with Gasteiger partial charge in [-0.1, -0.05) is 32.0 Å². The van der Waals surface area contributed by atoms with Crippen molar-refractivity contribution in [2.24, 2.45) is 5.92 Å². The second-order valence-electron chi connectivity index (χ2n) is 11.8. The average molecular weight is 534 g/mol. The molecule has 9 nitrogen and oxygen atoms in total. The summed E-state index contributed by atoms with van der Waals surface area (Å²) in [5.74, 6) is -1.55. The summed E-state index contributed by atoms with van der Waals surface area (Å²) in [6.45, 7) is 20.4. The summed E-state index contributed by atoms with van der Waals surface area (Å²) in [5.41, 5.74) is 1.11. The van der Waals surface area contributed by atoms with Crippen molar-refractivity contribution in [3.8, 4) is 0 Å². The number of rotatable bonds is 10. The van der Waals surface area contributed by atoms with Gasteiger partial charge in [-0.3, -0.25) is 14.4 Å². The van der Waals surface area contributed by atoms with Crippen LogP contribution < -0.4 is 10.6 Å². The fourth-order valence-electron chi connectivity index (χ4n) is 3.91. The lowest BCUT2D eigenvalue weighted by Gasteiger charge is -2.43. The normalized spacial score (nSPS) is 13.4. The number of esters is 1. The molecule has 2 unspecified atom stereocenters. The summed E-state index contributed by atoms with van der Waals surface area (Å²) in [6.07, 6.45) is -0.697. The summed E-state index contributed by atoms with van der Waals surface area (Å²) in [6, 6.07) is 3.68. The van der Waals surface area contributed by atoms with Gasteiger partial charge in [-0.25, -0.2) is 4.79 Å². The summed E-state index contributed by atoms with van der Waals surface area (Å²) in [7, 11) is 0. The number of hydrogen-bond donors (Lipinski definition) is 2. The summed E-state index contributed by atoms with van der Waals surface area (Å²) in [4.78, 5) is 53.9. The third-order valence-corrected chi connectivity index (χ3v) is 5.85. The Hall–Kier alpha value is -3.10. The molecule has 38 heavy (non-hydrogen) atoms. The average Bonchev–Trinajstić information content (AvgIpc) is 2.75. The second kappa shape index (κ2) is 13.6. The fourth-order valence-corrected chi connectivity index (χ4v) is 3.91. The maximum atomic E-state index is 14.2. The van der Waals surface area contributed by atoms with Crippen LogP contribution in [0.3, 0.4) is 0 Å². The van der Waals surface area contributed by atoms with Gasteiger partial charge in [0.25, 0.3) is 0 Å². The third-order valence-electron chi connectivity index (χ3n) is 5.85. The van der Waals surface area contributed by atoms with E-state index in [0.717, 1.165) is 11.1 Å². The molecule has 9 heteroatoms. The highest BCUT2D eigenvalue weighted by Gasteiger charge is 2.42. The molecule has 3 amide bonds. The van der Waals surface area contributed by atoms with E-state index in [4.69, 9.17) is 9.47 Å². The van der Waals surface area contributed by atoms with Gasteiger partial charge < -0.3 is 25.0 Å². The van der Waals surface area contributed by atoms with Crippen molar-refractivity contribution in [1.82, 2.24) is 15.5 Å². The summed E-state index contributed by atoms with van der Waals surface area (Å²) >= 11 is 0. The Balaban J connectivity index is 3.51. The summed E-state index contributed by atoms with van der Waals surface area (Å²) in [5, 5.41) is 5.52. The van der Waals surface area contributed by atoms with Crippen LogP contribution in [0.2, 0.25) is 0 Å². The van der Waals surface area contributed by atoms with Gasteiger partial charge in [0, 0.05) is 12.1 Å². The molecular weight excluding hydrogens is 486 g/mol. The Morgan fingerprint density at radius 3 is 2.05 bits per heavy atom. The first-order chi connectivity index (χ1) is 17.4. The van der Waals surface area contributed by atoms with E-state index in [1.807, 2.05) is 66.7 Å². The summed E-state index contributed by atoms with van der Waals surface area (Å²) < 4.78 is 10.4. The predicted octanol–water partition coefficient (Wildman–Crippen LogP) is 4.59. The van der Waals surface area contributed by atoms with Crippen LogP contribution in [0.1, 0.15) is 91.5 Å². The SMILES string of the molecule is CCOC(=O)CCNC(=O)C(c1ccc(C)c(C)c1)N(C(=O)C(NC(=O)OC(C)(C)C)C(C)C)C(C)(C)C. The van der Waals surface area contributed by atoms with Gasteiger partial charge in [0.15, 0.2) is 0 Å². The molecule has 0 fully saturated rings. The zero-order chi connectivity index (χ0) is 29.4. The highest BCUT2D eigenvalue weighted by Crippen LogP contribution is 2.32. The molecular formula is C29H47N3O6. The molecule has 1 aromatic rings. The lowest BCUT2D eigenvalue weighted by Crippen LogP contribution is -2.60. The van der Waals surface area contributed by atoms with E-state index in [2.05, 4.69) is 10.6 Å². The van der Waals surface area contributed by atoms with Crippen molar-refractivity contribution in [2.75, 3.05) is 13.2 Å². The van der Waals surface area contributed by atoms with Gasteiger partial charge in [0.2, 0.25) is 11.8 Å². The molecule has 0 aliphatic carbocycles. The molecule has 0 bridgehead atoms. The highest BCUT2D eigenvalue weighted by atomic mass is 16.6. The molecule has 0 spiro atoms. The number of aryl methyl sites for hydroxylation is 2. The topological polar surface area (TPSA) is 114 Å². The predicted molar refractivity (Wildman–Crippen MR) is 148 cm³/mol. The Morgan fingerprint density at radius 1 is 0.974 bits per heavy atom. The zero-order valence-electron chi connectivity index (χ0n) is 25.0. The van der Waals surface area contributed by atoms with E-state index in [9.17, 15) is 19.2 Å². The van der Waals surface area contributed by atoms with E-state index < -0.39 is 47.1 Å². The number of hydrogen-bond acceptors (Lipinski definition) is 6. The number of ether oxygens (including phenoxy) is 2. The van der Waals surface area contributed by atoms with Crippen LogP contribution in [0.5, 0.6) is 0 Å². The Morgan fingerprint density at radius 2 is 1.58 bits per heavy atom. The molecule has 0 saturated carbocycles. The van der Waals surface area contributed by atoms with Crippen LogP contribution >= 0.6 is 0 Å². The van der Waals surface area contributed by atoms with Crippen LogP contribution in [0.4, 0.5) is 4.79 Å². The van der Waals surface area contributed by atoms with E-state index in [1.54, 1.807) is 27.7 Å². The number of nitrogens with one attached hydrogen (secondary N) is 2. The maximum absolute atomic E-state index is 14.2. The van der Waals surface area contributed by atoms with Gasteiger partial charge in [-0.2, -0.15) is 0 Å². The van der Waals surface area contributed by atoms with Crippen molar-refractivity contribution >= 4 is 23.9 Å². The minimum absolute atomic E-state index is 0.0114. The Bertz CT molecular complexity index is 991. The largest absolute Gasteiger partial charge is 0.466 e. The molecule has 0 heterocycles. The Kier molecular flexibility index (Phi) is 11.8. The smallest absolute Gasteiger partial charge is 0.408 e. The van der Waals surface area contributed by atoms with Crippen molar-refractivity contribution in [3.05, 3.63) is 34.9 Å². The standard InChI is InChI=1S/C29H47N3O6/c1-12-37-22(33)15-16-30-25(34)24(21-14-13-19(4)20(5)17-21)32(28(6,7)8)26(35)23(18(2)3)31-27(36)38-29(9,10)11/h13-14,17-18,23-24H,12,15-16H2,1-11H3,(H,30,34)(H,31,36). The van der Waals surface area contributed by atoms with Crippen LogP contribution in [0.25, 0.3) is 0 Å². The molecule has 1 rings (SSSR count). The molecule has 214 valence electrons. The first kappa shape index (κ1) is 32.9. The third kappa shape index (κ3) is 9.99. The second-order valence-corrected chi connectivity index (χ2v) is 11.8.